The number of aliphatic carboxylic acids is 3. The maximum atomic E-state index is 14.4. The Hall–Kier alpha value is -7.04. The van der Waals surface area contributed by atoms with E-state index in [4.69, 9.17) is 5.11 Å². The molecule has 0 aliphatic carbocycles. The molecule has 0 heterocycles. The molecule has 0 aromatic heterocycles. The van der Waals surface area contributed by atoms with Gasteiger partial charge in [-0.15, -0.1) is 0 Å². The Kier molecular flexibility index (Phi) is 20.7. The average molecular weight is 959 g/mol. The second kappa shape index (κ2) is 26.6. The minimum atomic E-state index is -1.69. The van der Waals surface area contributed by atoms with Crippen LogP contribution < -0.4 is 31.0 Å². The second-order valence-electron chi connectivity index (χ2n) is 15.1. The molecule has 344 valence electrons. The molecule has 0 saturated carbocycles. The fourth-order valence-corrected chi connectivity index (χ4v) is 8.39. The number of nitrogens with one attached hydrogen (secondary N) is 5. The molecular weight excluding hydrogens is 905 g/mol. The van der Waals surface area contributed by atoms with Gasteiger partial charge in [-0.25, -0.2) is 4.79 Å². The van der Waals surface area contributed by atoms with Crippen LogP contribution in [-0.2, 0) is 57.6 Å². The van der Waals surface area contributed by atoms with E-state index in [2.05, 4.69) is 26.6 Å². The van der Waals surface area contributed by atoms with Crippen LogP contribution in [0.4, 0.5) is 0 Å². The monoisotopic (exact) mass is 959 g/mol. The van der Waals surface area contributed by atoms with Crippen LogP contribution >= 0.6 is 0 Å². The van der Waals surface area contributed by atoms with Crippen molar-refractivity contribution in [3.63, 3.8) is 0 Å². The topological polar surface area (TPSA) is 278 Å². The molecule has 18 heteroatoms. The van der Waals surface area contributed by atoms with Gasteiger partial charge in [0.1, 0.15) is 17.8 Å². The summed E-state index contributed by atoms with van der Waals surface area (Å²) in [6, 6.07) is 26.1. The van der Waals surface area contributed by atoms with Crippen molar-refractivity contribution in [2.75, 3.05) is 0 Å². The molecule has 0 aliphatic rings. The number of amides is 5. The van der Waals surface area contributed by atoms with Crippen LogP contribution in [0.3, 0.4) is 0 Å². The minimum absolute atomic E-state index is 0.0594. The SMILES string of the molecule is O=C(O)CC[C@H](NC(=O)[C@H](CCC(=O)O)NC(=O)[C@H](Cc1ccc(O)cc1)NC(=O)[C@H](Cc1ccccc1)NC(=O)[C@H](Cc1ccccc1)NC(=O)CCC[Se]c1ccccc1)C(=O)O. The Morgan fingerprint density at radius 2 is 0.831 bits per heavy atom. The number of carboxylic acid groups (broad SMARTS) is 3. The predicted molar refractivity (Wildman–Crippen MR) is 239 cm³/mol. The minimum Gasteiger partial charge on any atom is -0.480 e. The maximum absolute atomic E-state index is 14.4. The molecular formula is C47H53N5O12Se. The third-order valence-corrected chi connectivity index (χ3v) is 12.3. The van der Waals surface area contributed by atoms with Crippen LogP contribution in [-0.4, -0.2) is 113 Å². The molecule has 0 unspecified atom stereocenters. The van der Waals surface area contributed by atoms with Gasteiger partial charge in [-0.3, -0.25) is 19.2 Å². The van der Waals surface area contributed by atoms with E-state index in [1.807, 2.05) is 36.4 Å². The fourth-order valence-electron chi connectivity index (χ4n) is 6.55. The Bertz CT molecular complexity index is 2220. The summed E-state index contributed by atoms with van der Waals surface area (Å²) in [6.45, 7) is 0. The van der Waals surface area contributed by atoms with Crippen molar-refractivity contribution in [1.29, 1.82) is 0 Å². The number of benzene rings is 4. The average Bonchev–Trinajstić information content (AvgIpc) is 3.28. The van der Waals surface area contributed by atoms with Crippen molar-refractivity contribution >= 4 is 66.9 Å². The zero-order valence-electron chi connectivity index (χ0n) is 35.4. The number of rotatable bonds is 27. The Morgan fingerprint density at radius 1 is 0.446 bits per heavy atom. The standard InChI is InChI=1S/C47H53N5O12Se/c53-33-20-18-32(19-21-33)29-39(45(61)49-35(22-24-41(55)56)43(59)50-36(47(63)64)23-25-42(57)58)52-46(62)38(28-31-13-6-2-7-14-31)51-44(60)37(27-30-11-4-1-5-12-30)48-40(54)17-10-26-65-34-15-8-3-9-16-34/h1-9,11-16,18-21,35-39,53H,10,17,22-29H2,(H,48,54)(H,49,61)(H,50,59)(H,51,60)(H,52,62)(H,55,56)(H,57,58)(H,63,64)/t35-,36-,37-,38-,39-/m0/s1. The van der Waals surface area contributed by atoms with Crippen molar-refractivity contribution in [2.45, 2.75) is 93.3 Å². The van der Waals surface area contributed by atoms with Gasteiger partial charge in [-0.1, -0.05) is 30.3 Å². The van der Waals surface area contributed by atoms with Gasteiger partial charge in [0, 0.05) is 19.3 Å². The molecule has 0 fully saturated rings. The molecule has 4 rings (SSSR count). The van der Waals surface area contributed by atoms with Crippen molar-refractivity contribution in [3.05, 3.63) is 132 Å². The van der Waals surface area contributed by atoms with Crippen LogP contribution in [0.1, 0.15) is 55.2 Å². The maximum Gasteiger partial charge on any atom is 0.326 e. The van der Waals surface area contributed by atoms with Gasteiger partial charge in [0.25, 0.3) is 0 Å². The molecule has 0 radical (unpaired) electrons. The molecule has 0 bridgehead atoms. The van der Waals surface area contributed by atoms with E-state index in [1.165, 1.54) is 28.7 Å². The third-order valence-electron chi connectivity index (χ3n) is 9.96. The van der Waals surface area contributed by atoms with E-state index in [-0.39, 0.29) is 52.3 Å². The van der Waals surface area contributed by atoms with Crippen molar-refractivity contribution < 1.29 is 58.8 Å². The van der Waals surface area contributed by atoms with E-state index in [1.54, 1.807) is 54.6 Å². The smallest absolute Gasteiger partial charge is 0.326 e. The summed E-state index contributed by atoms with van der Waals surface area (Å²) in [6.07, 6.45) is -1.70. The van der Waals surface area contributed by atoms with Crippen LogP contribution in [0.2, 0.25) is 5.32 Å². The van der Waals surface area contributed by atoms with Gasteiger partial charge >= 0.3 is 218 Å². The molecule has 4 aromatic rings. The van der Waals surface area contributed by atoms with Crippen LogP contribution in [0, 0.1) is 0 Å². The molecule has 0 aliphatic heterocycles. The van der Waals surface area contributed by atoms with Gasteiger partial charge < -0.3 is 31.1 Å². The first-order chi connectivity index (χ1) is 31.2. The van der Waals surface area contributed by atoms with E-state index in [0.29, 0.717) is 17.5 Å². The number of aromatic hydroxyl groups is 1. The number of hydrogen-bond acceptors (Lipinski definition) is 9. The largest absolute Gasteiger partial charge is 0.480 e. The number of phenolic OH excluding ortho intramolecular Hbond substituents is 1. The number of carbonyl (C=O) groups excluding carboxylic acids is 5. The van der Waals surface area contributed by atoms with E-state index < -0.39 is 97.4 Å². The Balaban J connectivity index is 1.59. The van der Waals surface area contributed by atoms with E-state index in [0.717, 1.165) is 10.9 Å². The third kappa shape index (κ3) is 18.7. The van der Waals surface area contributed by atoms with Gasteiger partial charge in [-0.05, 0) is 30.5 Å². The quantitative estimate of drug-likeness (QED) is 0.0306. The van der Waals surface area contributed by atoms with Gasteiger partial charge in [0.05, 0.1) is 0 Å². The molecule has 0 spiro atoms. The summed E-state index contributed by atoms with van der Waals surface area (Å²) in [5.41, 5.74) is 1.82. The summed E-state index contributed by atoms with van der Waals surface area (Å²) >= 11 is 0.163. The number of carbonyl (C=O) groups is 8. The van der Waals surface area contributed by atoms with Gasteiger partial charge in [0.2, 0.25) is 11.8 Å². The molecule has 5 atom stereocenters. The van der Waals surface area contributed by atoms with E-state index in [9.17, 15) is 53.7 Å². The molecule has 5 amide bonds. The summed E-state index contributed by atoms with van der Waals surface area (Å²) in [5.74, 6) is -8.25. The van der Waals surface area contributed by atoms with Crippen molar-refractivity contribution in [1.82, 2.24) is 26.6 Å². The van der Waals surface area contributed by atoms with Crippen molar-refractivity contribution in [2.24, 2.45) is 0 Å². The van der Waals surface area contributed by atoms with Crippen LogP contribution in [0.25, 0.3) is 0 Å². The summed E-state index contributed by atoms with van der Waals surface area (Å²) in [7, 11) is 0. The Labute approximate surface area is 381 Å². The first kappa shape index (κ1) is 50.6. The summed E-state index contributed by atoms with van der Waals surface area (Å²) in [5, 5.41) is 51.7. The first-order valence-electron chi connectivity index (χ1n) is 20.9. The number of carboxylic acids is 3. The second-order valence-corrected chi connectivity index (χ2v) is 17.5. The Morgan fingerprint density at radius 3 is 1.29 bits per heavy atom. The molecule has 4 aromatic carbocycles. The normalized spacial score (nSPS) is 13.1. The van der Waals surface area contributed by atoms with Crippen LogP contribution in [0.5, 0.6) is 5.75 Å². The summed E-state index contributed by atoms with van der Waals surface area (Å²) in [4.78, 5) is 104. The molecule has 65 heavy (non-hydrogen) atoms. The zero-order chi connectivity index (χ0) is 47.1. The van der Waals surface area contributed by atoms with Crippen LogP contribution in [0.15, 0.2) is 115 Å². The zero-order valence-corrected chi connectivity index (χ0v) is 37.1. The fraction of sp³-hybridized carbons (Fsp3) is 0.319. The molecule has 17 nitrogen and oxygen atoms in total. The number of hydrogen-bond donors (Lipinski definition) is 9. The molecule has 9 N–H and O–H groups in total. The van der Waals surface area contributed by atoms with Gasteiger partial charge in [-0.2, -0.15) is 0 Å². The predicted octanol–water partition coefficient (Wildman–Crippen LogP) is 1.89. The van der Waals surface area contributed by atoms with Gasteiger partial charge in [0.15, 0.2) is 0 Å². The number of phenols is 1. The summed E-state index contributed by atoms with van der Waals surface area (Å²) < 4.78 is 1.20. The van der Waals surface area contributed by atoms with Crippen molar-refractivity contribution in [3.8, 4) is 5.75 Å². The van der Waals surface area contributed by atoms with E-state index >= 15 is 0 Å². The molecule has 0 saturated heterocycles. The first-order valence-corrected chi connectivity index (χ1v) is 22.9.